The Morgan fingerprint density at radius 1 is 1.31 bits per heavy atom. The molecule has 0 fully saturated rings. The van der Waals surface area contributed by atoms with E-state index in [1.54, 1.807) is 6.92 Å². The lowest BCUT2D eigenvalue weighted by Gasteiger charge is -2.28. The highest BCUT2D eigenvalue weighted by atomic mass is 79.9. The monoisotopic (exact) mass is 305 g/mol. The van der Waals surface area contributed by atoms with Crippen LogP contribution in [-0.4, -0.2) is 19.5 Å². The van der Waals surface area contributed by atoms with Crippen molar-refractivity contribution in [2.24, 2.45) is 0 Å². The van der Waals surface area contributed by atoms with Gasteiger partial charge in [-0.2, -0.15) is 0 Å². The molecule has 3 nitrogen and oxygen atoms in total. The van der Waals surface area contributed by atoms with Crippen LogP contribution in [0.2, 0.25) is 0 Å². The van der Waals surface area contributed by atoms with E-state index in [0.29, 0.717) is 5.33 Å². The van der Waals surface area contributed by atoms with Crippen LogP contribution in [0.15, 0.2) is 30.3 Å². The topological polar surface area (TPSA) is 46.2 Å². The Bertz CT molecular complexity index is 433. The van der Waals surface area contributed by atoms with Crippen LogP contribution < -0.4 is 4.72 Å². The molecule has 0 bridgehead atoms. The van der Waals surface area contributed by atoms with Crippen LogP contribution in [0.4, 0.5) is 0 Å². The van der Waals surface area contributed by atoms with Gasteiger partial charge < -0.3 is 0 Å². The minimum absolute atomic E-state index is 0.0857. The predicted octanol–water partition coefficient (Wildman–Crippen LogP) is 2.24. The molecule has 90 valence electrons. The van der Waals surface area contributed by atoms with Gasteiger partial charge in [0.1, 0.15) is 0 Å². The van der Waals surface area contributed by atoms with Gasteiger partial charge in [0.05, 0.1) is 11.3 Å². The second-order valence-electron chi connectivity index (χ2n) is 3.84. The smallest absolute Gasteiger partial charge is 0.212 e. The van der Waals surface area contributed by atoms with Crippen molar-refractivity contribution >= 4 is 26.0 Å². The molecule has 5 heteroatoms. The molecule has 16 heavy (non-hydrogen) atoms. The van der Waals surface area contributed by atoms with Crippen molar-refractivity contribution in [2.45, 2.75) is 19.4 Å². The summed E-state index contributed by atoms with van der Waals surface area (Å²) in [7, 11) is -3.22. The van der Waals surface area contributed by atoms with Crippen LogP contribution >= 0.6 is 15.9 Å². The molecule has 1 aromatic rings. The summed E-state index contributed by atoms with van der Waals surface area (Å²) in [6.07, 6.45) is 0. The van der Waals surface area contributed by atoms with E-state index in [0.717, 1.165) is 5.56 Å². The predicted molar refractivity (Wildman–Crippen MR) is 70.2 cm³/mol. The van der Waals surface area contributed by atoms with Gasteiger partial charge in [-0.1, -0.05) is 46.3 Å². The van der Waals surface area contributed by atoms with Crippen LogP contribution in [0.5, 0.6) is 0 Å². The normalized spacial score (nSPS) is 15.7. The number of hydrogen-bond donors (Lipinski definition) is 1. The van der Waals surface area contributed by atoms with Gasteiger partial charge in [-0.15, -0.1) is 0 Å². The Morgan fingerprint density at radius 2 is 1.88 bits per heavy atom. The number of halogens is 1. The highest BCUT2D eigenvalue weighted by Crippen LogP contribution is 2.23. The number of alkyl halides is 1. The number of rotatable bonds is 5. The summed E-state index contributed by atoms with van der Waals surface area (Å²) in [5.74, 6) is 0.0857. The van der Waals surface area contributed by atoms with Crippen molar-refractivity contribution in [3.63, 3.8) is 0 Å². The fraction of sp³-hybridized carbons (Fsp3) is 0.455. The zero-order chi connectivity index (χ0) is 12.2. The summed E-state index contributed by atoms with van der Waals surface area (Å²) < 4.78 is 25.9. The van der Waals surface area contributed by atoms with Gasteiger partial charge in [-0.25, -0.2) is 13.1 Å². The average Bonchev–Trinajstić information content (AvgIpc) is 2.29. The largest absolute Gasteiger partial charge is 0.212 e. The van der Waals surface area contributed by atoms with E-state index in [9.17, 15) is 8.42 Å². The number of nitrogens with one attached hydrogen (secondary N) is 1. The first-order valence-corrected chi connectivity index (χ1v) is 7.84. The van der Waals surface area contributed by atoms with Crippen molar-refractivity contribution in [2.75, 3.05) is 11.1 Å². The third-order valence-corrected chi connectivity index (χ3v) is 5.08. The van der Waals surface area contributed by atoms with Gasteiger partial charge in [0, 0.05) is 5.33 Å². The molecule has 0 heterocycles. The molecule has 0 aromatic heterocycles. The first kappa shape index (κ1) is 13.7. The van der Waals surface area contributed by atoms with Crippen LogP contribution in [-0.2, 0) is 15.6 Å². The van der Waals surface area contributed by atoms with Crippen LogP contribution in [0.1, 0.15) is 19.4 Å². The molecular formula is C11H16BrNO2S. The second-order valence-corrected chi connectivity index (χ2v) is 6.41. The Hall–Kier alpha value is -0.390. The van der Waals surface area contributed by atoms with Crippen LogP contribution in [0.25, 0.3) is 0 Å². The van der Waals surface area contributed by atoms with Crippen molar-refractivity contribution in [1.29, 1.82) is 0 Å². The molecule has 0 aliphatic rings. The highest BCUT2D eigenvalue weighted by Gasteiger charge is 2.29. The van der Waals surface area contributed by atoms with Gasteiger partial charge in [0.25, 0.3) is 0 Å². The van der Waals surface area contributed by atoms with Crippen molar-refractivity contribution in [3.05, 3.63) is 35.9 Å². The third kappa shape index (κ3) is 3.30. The van der Waals surface area contributed by atoms with Crippen molar-refractivity contribution in [1.82, 2.24) is 4.72 Å². The molecule has 0 spiro atoms. The molecule has 0 saturated heterocycles. The standard InChI is InChI=1S/C11H16BrNO2S/c1-3-16(14,15)13-11(2,9-12)10-7-5-4-6-8-10/h4-8,13H,3,9H2,1-2H3. The fourth-order valence-electron chi connectivity index (χ4n) is 1.38. The zero-order valence-corrected chi connectivity index (χ0v) is 11.8. The molecule has 0 aliphatic heterocycles. The molecule has 1 N–H and O–H groups in total. The number of hydrogen-bond acceptors (Lipinski definition) is 2. The van der Waals surface area contributed by atoms with Gasteiger partial charge in [0.2, 0.25) is 10.0 Å². The van der Waals surface area contributed by atoms with E-state index in [1.165, 1.54) is 0 Å². The first-order valence-electron chi connectivity index (χ1n) is 5.06. The van der Waals surface area contributed by atoms with Gasteiger partial charge in [0.15, 0.2) is 0 Å². The maximum Gasteiger partial charge on any atom is 0.212 e. The van der Waals surface area contributed by atoms with E-state index in [2.05, 4.69) is 20.7 Å². The van der Waals surface area contributed by atoms with E-state index >= 15 is 0 Å². The maximum atomic E-state index is 11.6. The molecule has 0 radical (unpaired) electrons. The lowest BCUT2D eigenvalue weighted by molar-refractivity contribution is 0.483. The van der Waals surface area contributed by atoms with Gasteiger partial charge in [-0.3, -0.25) is 0 Å². The molecule has 1 atom stereocenters. The molecule has 1 rings (SSSR count). The molecule has 1 aromatic carbocycles. The summed E-state index contributed by atoms with van der Waals surface area (Å²) in [5.41, 5.74) is 0.347. The average molecular weight is 306 g/mol. The Labute approximate surface area is 105 Å². The number of benzene rings is 1. The fourth-order valence-corrected chi connectivity index (χ4v) is 3.06. The minimum atomic E-state index is -3.22. The van der Waals surface area contributed by atoms with E-state index in [4.69, 9.17) is 0 Å². The van der Waals surface area contributed by atoms with E-state index < -0.39 is 15.6 Å². The molecule has 0 saturated carbocycles. The molecule has 0 aliphatic carbocycles. The van der Waals surface area contributed by atoms with Crippen molar-refractivity contribution in [3.8, 4) is 0 Å². The lowest BCUT2D eigenvalue weighted by Crippen LogP contribution is -2.45. The zero-order valence-electron chi connectivity index (χ0n) is 9.40. The highest BCUT2D eigenvalue weighted by molar-refractivity contribution is 9.09. The summed E-state index contributed by atoms with van der Waals surface area (Å²) >= 11 is 3.36. The maximum absolute atomic E-state index is 11.6. The molecule has 1 unspecified atom stereocenters. The van der Waals surface area contributed by atoms with Crippen molar-refractivity contribution < 1.29 is 8.42 Å². The summed E-state index contributed by atoms with van der Waals surface area (Å²) in [6, 6.07) is 9.54. The number of sulfonamides is 1. The Kier molecular flexibility index (Phi) is 4.52. The first-order chi connectivity index (χ1) is 7.43. The minimum Gasteiger partial charge on any atom is -0.212 e. The third-order valence-electron chi connectivity index (χ3n) is 2.44. The van der Waals surface area contributed by atoms with Gasteiger partial charge in [-0.05, 0) is 19.4 Å². The van der Waals surface area contributed by atoms with Gasteiger partial charge >= 0.3 is 0 Å². The summed E-state index contributed by atoms with van der Waals surface area (Å²) in [5, 5.41) is 0.531. The van der Waals surface area contributed by atoms with E-state index in [1.807, 2.05) is 37.3 Å². The SMILES string of the molecule is CCS(=O)(=O)NC(C)(CBr)c1ccccc1. The Balaban J connectivity index is 3.04. The second kappa shape index (κ2) is 5.29. The summed E-state index contributed by atoms with van der Waals surface area (Å²) in [6.45, 7) is 3.49. The molecule has 0 amide bonds. The van der Waals surface area contributed by atoms with Crippen LogP contribution in [0, 0.1) is 0 Å². The molecular weight excluding hydrogens is 290 g/mol. The summed E-state index contributed by atoms with van der Waals surface area (Å²) in [4.78, 5) is 0. The van der Waals surface area contributed by atoms with Crippen LogP contribution in [0.3, 0.4) is 0 Å². The lowest BCUT2D eigenvalue weighted by atomic mass is 9.96. The quantitative estimate of drug-likeness (QED) is 0.848. The van der Waals surface area contributed by atoms with E-state index in [-0.39, 0.29) is 5.75 Å². The Morgan fingerprint density at radius 3 is 2.31 bits per heavy atom.